The first-order valence-electron chi connectivity index (χ1n) is 17.0. The fourth-order valence-electron chi connectivity index (χ4n) is 13.4. The largest absolute Gasteiger partial charge is 0.478 e. The van der Waals surface area contributed by atoms with E-state index in [0.29, 0.717) is 30.3 Å². The van der Waals surface area contributed by atoms with Gasteiger partial charge < -0.3 is 15.3 Å². The molecule has 0 saturated heterocycles. The van der Waals surface area contributed by atoms with E-state index < -0.39 is 11.9 Å². The summed E-state index contributed by atoms with van der Waals surface area (Å²) in [6.07, 6.45) is 12.6. The van der Waals surface area contributed by atoms with Gasteiger partial charge >= 0.3 is 11.9 Å². The summed E-state index contributed by atoms with van der Waals surface area (Å²) >= 11 is 0. The van der Waals surface area contributed by atoms with E-state index in [1.165, 1.54) is 37.3 Å². The van der Waals surface area contributed by atoms with Crippen LogP contribution in [0.5, 0.6) is 0 Å². The summed E-state index contributed by atoms with van der Waals surface area (Å²) in [5, 5.41) is 30.3. The van der Waals surface area contributed by atoms with Gasteiger partial charge in [0.15, 0.2) is 0 Å². The molecule has 5 aliphatic rings. The molecule has 1 unspecified atom stereocenters. The average Bonchev–Trinajstić information content (AvgIpc) is 3.35. The van der Waals surface area contributed by atoms with E-state index in [1.807, 2.05) is 0 Å². The number of aliphatic hydroxyl groups excluding tert-OH is 1. The molecule has 0 amide bonds. The third-order valence-corrected chi connectivity index (χ3v) is 15.7. The predicted molar refractivity (Wildman–Crippen MR) is 174 cm³/mol. The Morgan fingerprint density at radius 1 is 0.841 bits per heavy atom. The van der Waals surface area contributed by atoms with Crippen LogP contribution >= 0.6 is 0 Å². The second-order valence-electron chi connectivity index (χ2n) is 17.3. The summed E-state index contributed by atoms with van der Waals surface area (Å²) in [5.74, 6) is -0.451. The smallest absolute Gasteiger partial charge is 0.336 e. The van der Waals surface area contributed by atoms with Crippen LogP contribution in [0, 0.1) is 56.2 Å². The number of aliphatic hydroxyl groups is 1. The molecule has 0 spiro atoms. The molecule has 4 fully saturated rings. The maximum Gasteiger partial charge on any atom is 0.336 e. The van der Waals surface area contributed by atoms with Crippen molar-refractivity contribution in [3.05, 3.63) is 53.1 Å². The SMILES string of the molecule is C=C(C)[C@@H]1CC[C@]2(CO)CC[C@]3(C)C(C)(CC[C@@H]4[C@@]5(C)CC=C(c6ccc(C(=O)O)c(C(=O)O)c6)C(C)(C)[C@@H]5CC[C@]43C)[C@@H]12. The van der Waals surface area contributed by atoms with E-state index in [2.05, 4.69) is 61.1 Å². The lowest BCUT2D eigenvalue weighted by Crippen LogP contribution is -2.69. The molecule has 0 aromatic heterocycles. The maximum atomic E-state index is 12.0. The number of fused-ring (bicyclic) bond motifs is 7. The van der Waals surface area contributed by atoms with Crippen LogP contribution in [0.4, 0.5) is 0 Å². The Labute approximate surface area is 264 Å². The zero-order valence-corrected chi connectivity index (χ0v) is 28.1. The predicted octanol–water partition coefficient (Wildman–Crippen LogP) is 9.12. The summed E-state index contributed by atoms with van der Waals surface area (Å²) in [7, 11) is 0. The van der Waals surface area contributed by atoms with Crippen LogP contribution in [0.2, 0.25) is 0 Å². The number of carbonyl (C=O) groups is 2. The number of aromatic carboxylic acids is 2. The summed E-state index contributed by atoms with van der Waals surface area (Å²) in [6.45, 7) is 22.1. The van der Waals surface area contributed by atoms with Gasteiger partial charge in [-0.05, 0) is 144 Å². The Bertz CT molecular complexity index is 1450. The first-order valence-corrected chi connectivity index (χ1v) is 17.0. The minimum Gasteiger partial charge on any atom is -0.478 e. The number of hydrogen-bond acceptors (Lipinski definition) is 3. The van der Waals surface area contributed by atoms with E-state index >= 15 is 0 Å². The van der Waals surface area contributed by atoms with Crippen molar-refractivity contribution < 1.29 is 24.9 Å². The van der Waals surface area contributed by atoms with Crippen molar-refractivity contribution in [1.29, 1.82) is 0 Å². The van der Waals surface area contributed by atoms with Crippen LogP contribution in [0.25, 0.3) is 5.57 Å². The van der Waals surface area contributed by atoms with E-state index in [9.17, 15) is 24.9 Å². The van der Waals surface area contributed by atoms with Gasteiger partial charge in [0.1, 0.15) is 0 Å². The molecular formula is C39H54O5. The highest BCUT2D eigenvalue weighted by Crippen LogP contribution is 2.81. The molecule has 5 nitrogen and oxygen atoms in total. The van der Waals surface area contributed by atoms with Gasteiger partial charge in [0.25, 0.3) is 0 Å². The van der Waals surface area contributed by atoms with Gasteiger partial charge in [-0.25, -0.2) is 9.59 Å². The van der Waals surface area contributed by atoms with Gasteiger partial charge in [0.2, 0.25) is 0 Å². The van der Waals surface area contributed by atoms with Crippen molar-refractivity contribution in [3.63, 3.8) is 0 Å². The van der Waals surface area contributed by atoms with Crippen LogP contribution in [0.15, 0.2) is 36.4 Å². The van der Waals surface area contributed by atoms with Gasteiger partial charge in [-0.1, -0.05) is 65.8 Å². The minimum atomic E-state index is -1.21. The van der Waals surface area contributed by atoms with Crippen molar-refractivity contribution >= 4 is 17.5 Å². The quantitative estimate of drug-likeness (QED) is 0.292. The van der Waals surface area contributed by atoms with Crippen LogP contribution in [0.1, 0.15) is 133 Å². The number of carboxylic acid groups (broad SMARTS) is 2. The van der Waals surface area contributed by atoms with Gasteiger partial charge in [0, 0.05) is 6.61 Å². The molecule has 0 radical (unpaired) electrons. The lowest BCUT2D eigenvalue weighted by molar-refractivity contribution is -0.266. The molecular weight excluding hydrogens is 548 g/mol. The number of rotatable bonds is 5. The molecule has 0 bridgehead atoms. The van der Waals surface area contributed by atoms with Crippen molar-refractivity contribution in [2.75, 3.05) is 6.61 Å². The molecule has 1 aromatic rings. The van der Waals surface area contributed by atoms with E-state index in [4.69, 9.17) is 0 Å². The molecule has 5 heteroatoms. The topological polar surface area (TPSA) is 94.8 Å². The lowest BCUT2D eigenvalue weighted by Gasteiger charge is -2.75. The second kappa shape index (κ2) is 9.80. The minimum absolute atomic E-state index is 0.0254. The molecule has 5 aliphatic carbocycles. The lowest BCUT2D eigenvalue weighted by atomic mass is 9.29. The first-order chi connectivity index (χ1) is 20.4. The number of allylic oxidation sites excluding steroid dienone is 3. The third-order valence-electron chi connectivity index (χ3n) is 15.7. The summed E-state index contributed by atoms with van der Waals surface area (Å²) in [6, 6.07) is 4.85. The molecule has 9 atom stereocenters. The molecule has 240 valence electrons. The van der Waals surface area contributed by atoms with Crippen LogP contribution < -0.4 is 0 Å². The summed E-state index contributed by atoms with van der Waals surface area (Å²) in [4.78, 5) is 23.8. The highest BCUT2D eigenvalue weighted by Gasteiger charge is 2.74. The molecule has 0 heterocycles. The highest BCUT2D eigenvalue weighted by molar-refractivity contribution is 6.02. The Kier molecular flexibility index (Phi) is 7.03. The Balaban J connectivity index is 1.40. The fourth-order valence-corrected chi connectivity index (χ4v) is 13.4. The number of hydrogen-bond donors (Lipinski definition) is 3. The van der Waals surface area contributed by atoms with Crippen molar-refractivity contribution in [2.45, 2.75) is 106 Å². The summed E-state index contributed by atoms with van der Waals surface area (Å²) < 4.78 is 0. The third kappa shape index (κ3) is 3.80. The maximum absolute atomic E-state index is 12.0. The zero-order chi connectivity index (χ0) is 32.3. The van der Waals surface area contributed by atoms with Crippen molar-refractivity contribution in [1.82, 2.24) is 0 Å². The van der Waals surface area contributed by atoms with Gasteiger partial charge in [-0.3, -0.25) is 0 Å². The molecule has 4 saturated carbocycles. The Hall–Kier alpha value is -2.40. The molecule has 1 aromatic carbocycles. The van der Waals surface area contributed by atoms with Crippen molar-refractivity contribution in [2.24, 2.45) is 56.2 Å². The van der Waals surface area contributed by atoms with Crippen LogP contribution in [-0.4, -0.2) is 33.9 Å². The van der Waals surface area contributed by atoms with Gasteiger partial charge in [0.05, 0.1) is 11.1 Å². The van der Waals surface area contributed by atoms with Crippen molar-refractivity contribution in [3.8, 4) is 0 Å². The first kappa shape index (κ1) is 31.6. The van der Waals surface area contributed by atoms with Crippen LogP contribution in [-0.2, 0) is 0 Å². The average molecular weight is 603 g/mol. The van der Waals surface area contributed by atoms with Crippen LogP contribution in [0.3, 0.4) is 0 Å². The second-order valence-corrected chi connectivity index (χ2v) is 17.3. The standard InChI is InChI=1S/C39H54O5/c1-23(2)25-11-18-39(22-40)20-19-38(8)36(6)16-13-29-34(3,4)28(24-9-10-26(32(41)42)27(21-24)33(43)44)12-15-35(29,5)30(36)14-17-37(38,7)31(25)39/h9-10,12,21,25,29-31,40H,1,11,13-20,22H2,2-8H3,(H,41,42)(H,43,44)/t25-,29-,30+,31+,35-,36+,37?,38-,39+/m0/s1. The van der Waals surface area contributed by atoms with E-state index in [-0.39, 0.29) is 43.6 Å². The fraction of sp³-hybridized carbons (Fsp3) is 0.692. The van der Waals surface area contributed by atoms with Gasteiger partial charge in [-0.15, -0.1) is 0 Å². The Morgan fingerprint density at radius 3 is 2.09 bits per heavy atom. The Morgan fingerprint density at radius 2 is 1.48 bits per heavy atom. The molecule has 6 rings (SSSR count). The highest BCUT2D eigenvalue weighted by atomic mass is 16.4. The molecule has 44 heavy (non-hydrogen) atoms. The zero-order valence-electron chi connectivity index (χ0n) is 28.1. The normalized spacial score (nSPS) is 44.0. The van der Waals surface area contributed by atoms with E-state index in [0.717, 1.165) is 43.2 Å². The molecule has 0 aliphatic heterocycles. The number of carboxylic acids is 2. The monoisotopic (exact) mass is 602 g/mol. The summed E-state index contributed by atoms with van der Waals surface area (Å²) in [5.41, 5.74) is 3.39. The van der Waals surface area contributed by atoms with E-state index in [1.54, 1.807) is 12.1 Å². The number of benzene rings is 1. The molecule has 3 N–H and O–H groups in total. The van der Waals surface area contributed by atoms with Gasteiger partial charge in [-0.2, -0.15) is 0 Å².